The third-order valence-electron chi connectivity index (χ3n) is 5.52. The highest BCUT2D eigenvalue weighted by molar-refractivity contribution is 7.09. The number of benzene rings is 1. The van der Waals surface area contributed by atoms with Crippen LogP contribution in [0.1, 0.15) is 24.2 Å². The van der Waals surface area contributed by atoms with Gasteiger partial charge in [0.1, 0.15) is 5.82 Å². The lowest BCUT2D eigenvalue weighted by Gasteiger charge is -2.23. The molecule has 0 bridgehead atoms. The van der Waals surface area contributed by atoms with Crippen LogP contribution >= 0.6 is 11.3 Å². The van der Waals surface area contributed by atoms with E-state index in [0.29, 0.717) is 34.2 Å². The van der Waals surface area contributed by atoms with Crippen molar-refractivity contribution < 1.29 is 9.18 Å². The summed E-state index contributed by atoms with van der Waals surface area (Å²) in [5.41, 5.74) is 2.26. The third-order valence-corrected chi connectivity index (χ3v) is 6.25. The second kappa shape index (κ2) is 8.60. The van der Waals surface area contributed by atoms with Crippen molar-refractivity contribution in [1.82, 2.24) is 24.8 Å². The van der Waals surface area contributed by atoms with E-state index in [9.17, 15) is 14.0 Å². The third kappa shape index (κ3) is 4.11. The summed E-state index contributed by atoms with van der Waals surface area (Å²) < 4.78 is 14.8. The standard InChI is InChI=1S/C22H24FN5O2S/c1-4-28(5-2)7-6-27(3)22(30)14-8-13-9-17(24-16(13)10-15(14)23)20-21(29)26-19-12-31-11-18(19)25-20/h8-12,24H,4-7H2,1-3H3,(H,26,29). The number of carbonyl (C=O) groups excluding carboxylic acids is 1. The molecule has 162 valence electrons. The predicted octanol–water partition coefficient (Wildman–Crippen LogP) is 3.69. The van der Waals surface area contributed by atoms with Gasteiger partial charge in [0.2, 0.25) is 0 Å². The molecule has 4 rings (SSSR count). The van der Waals surface area contributed by atoms with Gasteiger partial charge < -0.3 is 19.8 Å². The zero-order chi connectivity index (χ0) is 22.1. The number of rotatable bonds is 7. The minimum Gasteiger partial charge on any atom is -0.353 e. The summed E-state index contributed by atoms with van der Waals surface area (Å²) >= 11 is 1.45. The predicted molar refractivity (Wildman–Crippen MR) is 122 cm³/mol. The van der Waals surface area contributed by atoms with Crippen molar-refractivity contribution in [2.75, 3.05) is 33.2 Å². The fraction of sp³-hybridized carbons (Fsp3) is 0.318. The Kier molecular flexibility index (Phi) is 5.88. The molecule has 1 aromatic carbocycles. The summed E-state index contributed by atoms with van der Waals surface area (Å²) in [4.78, 5) is 39.3. The molecule has 7 nitrogen and oxygen atoms in total. The molecule has 0 saturated heterocycles. The minimum absolute atomic E-state index is 0.00949. The molecule has 2 N–H and O–H groups in total. The first kappa shape index (κ1) is 21.2. The molecule has 0 atom stereocenters. The number of halogens is 1. The lowest BCUT2D eigenvalue weighted by Crippen LogP contribution is -2.36. The number of fused-ring (bicyclic) bond motifs is 2. The van der Waals surface area contributed by atoms with Crippen molar-refractivity contribution in [2.24, 2.45) is 0 Å². The second-order valence-corrected chi connectivity index (χ2v) is 8.18. The summed E-state index contributed by atoms with van der Waals surface area (Å²) in [5, 5.41) is 4.31. The molecule has 0 aliphatic carbocycles. The topological polar surface area (TPSA) is 85.1 Å². The van der Waals surface area contributed by atoms with Crippen LogP contribution in [0.15, 0.2) is 33.8 Å². The fourth-order valence-corrected chi connectivity index (χ4v) is 4.28. The van der Waals surface area contributed by atoms with Crippen molar-refractivity contribution in [2.45, 2.75) is 13.8 Å². The van der Waals surface area contributed by atoms with Crippen LogP contribution in [0.25, 0.3) is 33.3 Å². The van der Waals surface area contributed by atoms with E-state index in [1.165, 1.54) is 28.4 Å². The molecule has 9 heteroatoms. The Labute approximate surface area is 182 Å². The number of carbonyl (C=O) groups is 1. The average molecular weight is 442 g/mol. The number of likely N-dealkylation sites (N-methyl/N-ethyl adjacent to an activating group) is 2. The van der Waals surface area contributed by atoms with Gasteiger partial charge in [-0.15, -0.1) is 11.3 Å². The van der Waals surface area contributed by atoms with Crippen LogP contribution in [0.2, 0.25) is 0 Å². The number of nitrogens with one attached hydrogen (secondary N) is 2. The first-order chi connectivity index (χ1) is 14.9. The molecule has 0 aliphatic heterocycles. The molecular weight excluding hydrogens is 417 g/mol. The average Bonchev–Trinajstić information content (AvgIpc) is 3.38. The number of H-pyrrole nitrogens is 2. The zero-order valence-electron chi connectivity index (χ0n) is 17.7. The lowest BCUT2D eigenvalue weighted by atomic mass is 10.1. The highest BCUT2D eigenvalue weighted by Crippen LogP contribution is 2.25. The Morgan fingerprint density at radius 2 is 1.87 bits per heavy atom. The van der Waals surface area contributed by atoms with Crippen LogP contribution in [0.3, 0.4) is 0 Å². The largest absolute Gasteiger partial charge is 0.353 e. The van der Waals surface area contributed by atoms with Gasteiger partial charge in [-0.1, -0.05) is 13.8 Å². The Hall–Kier alpha value is -3.04. The lowest BCUT2D eigenvalue weighted by molar-refractivity contribution is 0.0775. The van der Waals surface area contributed by atoms with Crippen molar-refractivity contribution in [3.8, 4) is 11.4 Å². The van der Waals surface area contributed by atoms with Crippen molar-refractivity contribution in [3.63, 3.8) is 0 Å². The Morgan fingerprint density at radius 1 is 1.10 bits per heavy atom. The summed E-state index contributed by atoms with van der Waals surface area (Å²) in [6.45, 7) is 7.17. The van der Waals surface area contributed by atoms with Crippen LogP contribution in [0.5, 0.6) is 0 Å². The van der Waals surface area contributed by atoms with Crippen molar-refractivity contribution >= 4 is 39.2 Å². The Morgan fingerprint density at radius 3 is 2.61 bits per heavy atom. The minimum atomic E-state index is -0.601. The summed E-state index contributed by atoms with van der Waals surface area (Å²) in [5.74, 6) is -0.972. The maximum absolute atomic E-state index is 14.8. The SMILES string of the molecule is CCN(CC)CCN(C)C(=O)c1cc2cc(-c3nc4cscc4[nH]c3=O)[nH]c2cc1F. The molecule has 0 radical (unpaired) electrons. The number of aromatic amines is 2. The van der Waals surface area contributed by atoms with E-state index in [1.54, 1.807) is 13.1 Å². The Balaban J connectivity index is 1.65. The number of thiophene rings is 1. The van der Waals surface area contributed by atoms with Crippen LogP contribution in [0.4, 0.5) is 4.39 Å². The molecule has 0 fully saturated rings. The number of nitrogens with zero attached hydrogens (tertiary/aromatic N) is 3. The zero-order valence-corrected chi connectivity index (χ0v) is 18.5. The van der Waals surface area contributed by atoms with Crippen LogP contribution in [-0.2, 0) is 0 Å². The molecule has 1 amide bonds. The van der Waals surface area contributed by atoms with E-state index >= 15 is 0 Å². The molecule has 3 aromatic heterocycles. The van der Waals surface area contributed by atoms with E-state index in [4.69, 9.17) is 0 Å². The first-order valence-electron chi connectivity index (χ1n) is 10.2. The normalized spacial score (nSPS) is 11.6. The van der Waals surface area contributed by atoms with E-state index in [1.807, 2.05) is 10.8 Å². The van der Waals surface area contributed by atoms with Gasteiger partial charge in [0.15, 0.2) is 5.69 Å². The van der Waals surface area contributed by atoms with Gasteiger partial charge in [-0.3, -0.25) is 9.59 Å². The van der Waals surface area contributed by atoms with Crippen LogP contribution in [-0.4, -0.2) is 63.9 Å². The molecule has 0 saturated carbocycles. The van der Waals surface area contributed by atoms with Gasteiger partial charge in [0.05, 0.1) is 22.3 Å². The number of hydrogen-bond donors (Lipinski definition) is 2. The quantitative estimate of drug-likeness (QED) is 0.458. The van der Waals surface area contributed by atoms with Gasteiger partial charge in [0, 0.05) is 41.8 Å². The maximum Gasteiger partial charge on any atom is 0.276 e. The van der Waals surface area contributed by atoms with Gasteiger partial charge >= 0.3 is 0 Å². The first-order valence-corrected chi connectivity index (χ1v) is 11.1. The van der Waals surface area contributed by atoms with Gasteiger partial charge in [-0.2, -0.15) is 0 Å². The van der Waals surface area contributed by atoms with Crippen molar-refractivity contribution in [1.29, 1.82) is 0 Å². The molecule has 31 heavy (non-hydrogen) atoms. The maximum atomic E-state index is 14.8. The van der Waals surface area contributed by atoms with Crippen molar-refractivity contribution in [3.05, 3.63) is 50.7 Å². The Bertz CT molecular complexity index is 1300. The van der Waals surface area contributed by atoms with E-state index in [-0.39, 0.29) is 22.7 Å². The van der Waals surface area contributed by atoms with E-state index in [0.717, 1.165) is 19.6 Å². The molecule has 4 aromatic rings. The number of hydrogen-bond acceptors (Lipinski definition) is 5. The molecule has 0 unspecified atom stereocenters. The number of amides is 1. The molecular formula is C22H24FN5O2S. The van der Waals surface area contributed by atoms with Gasteiger partial charge in [-0.05, 0) is 31.3 Å². The molecule has 0 spiro atoms. The summed E-state index contributed by atoms with van der Waals surface area (Å²) in [6.07, 6.45) is 0. The molecule has 0 aliphatic rings. The number of aromatic nitrogens is 3. The van der Waals surface area contributed by atoms with Crippen LogP contribution in [0, 0.1) is 5.82 Å². The highest BCUT2D eigenvalue weighted by atomic mass is 32.1. The summed E-state index contributed by atoms with van der Waals surface area (Å²) in [6, 6.07) is 4.54. The smallest absolute Gasteiger partial charge is 0.276 e. The fourth-order valence-electron chi connectivity index (χ4n) is 3.59. The van der Waals surface area contributed by atoms with Gasteiger partial charge in [-0.25, -0.2) is 9.37 Å². The molecule has 3 heterocycles. The monoisotopic (exact) mass is 441 g/mol. The van der Waals surface area contributed by atoms with Gasteiger partial charge in [0.25, 0.3) is 11.5 Å². The summed E-state index contributed by atoms with van der Waals surface area (Å²) in [7, 11) is 1.68. The highest BCUT2D eigenvalue weighted by Gasteiger charge is 2.19. The van der Waals surface area contributed by atoms with Crippen LogP contribution < -0.4 is 5.56 Å². The van der Waals surface area contributed by atoms with E-state index < -0.39 is 5.82 Å². The second-order valence-electron chi connectivity index (χ2n) is 7.44. The van der Waals surface area contributed by atoms with E-state index in [2.05, 4.69) is 33.7 Å².